The smallest absolute Gasteiger partial charge is 0.288 e. The fourth-order valence-electron chi connectivity index (χ4n) is 1.89. The number of amides is 1. The van der Waals surface area contributed by atoms with Crippen molar-refractivity contribution in [3.05, 3.63) is 5.82 Å². The van der Waals surface area contributed by atoms with Crippen molar-refractivity contribution in [2.75, 3.05) is 5.73 Å². The summed E-state index contributed by atoms with van der Waals surface area (Å²) in [7, 11) is 0. The van der Waals surface area contributed by atoms with Gasteiger partial charge in [0.05, 0.1) is 0 Å². The number of hydrogen-bond donors (Lipinski definition) is 4. The van der Waals surface area contributed by atoms with Gasteiger partial charge >= 0.3 is 0 Å². The monoisotopic (exact) mass is 224 g/mol. The van der Waals surface area contributed by atoms with Crippen LogP contribution in [-0.4, -0.2) is 33.2 Å². The van der Waals surface area contributed by atoms with Gasteiger partial charge in [-0.25, -0.2) is 0 Å². The molecule has 0 atom stereocenters. The number of rotatable bonds is 2. The number of carbonyl (C=O) groups is 1. The van der Waals surface area contributed by atoms with Crippen LogP contribution in [0.3, 0.4) is 0 Å². The van der Waals surface area contributed by atoms with Crippen LogP contribution in [0.5, 0.6) is 0 Å². The third kappa shape index (κ3) is 2.48. The Balaban J connectivity index is 1.88. The van der Waals surface area contributed by atoms with Crippen LogP contribution in [0, 0.1) is 0 Å². The molecule has 0 saturated heterocycles. The molecule has 0 aliphatic heterocycles. The fourth-order valence-corrected chi connectivity index (χ4v) is 1.89. The number of aromatic nitrogens is 3. The van der Waals surface area contributed by atoms with Crippen molar-refractivity contribution < 1.29 is 4.79 Å². The summed E-state index contributed by atoms with van der Waals surface area (Å²) in [4.78, 5) is 15.4. The summed E-state index contributed by atoms with van der Waals surface area (Å²) in [6.45, 7) is 0. The van der Waals surface area contributed by atoms with Crippen LogP contribution in [0.1, 0.15) is 36.3 Å². The summed E-state index contributed by atoms with van der Waals surface area (Å²) in [5.74, 6) is -0.0205. The minimum Gasteiger partial charge on any atom is -0.366 e. The van der Waals surface area contributed by atoms with Crippen LogP contribution in [0.2, 0.25) is 0 Å². The average Bonchev–Trinajstić information content (AvgIpc) is 2.68. The van der Waals surface area contributed by atoms with Gasteiger partial charge in [-0.2, -0.15) is 4.98 Å². The highest BCUT2D eigenvalue weighted by Gasteiger charge is 2.21. The van der Waals surface area contributed by atoms with Crippen molar-refractivity contribution >= 4 is 11.9 Å². The van der Waals surface area contributed by atoms with E-state index in [1.807, 2.05) is 0 Å². The quantitative estimate of drug-likeness (QED) is 0.533. The van der Waals surface area contributed by atoms with E-state index in [0.29, 0.717) is 0 Å². The van der Waals surface area contributed by atoms with E-state index in [1.165, 1.54) is 0 Å². The number of nitrogens with two attached hydrogens (primary N) is 2. The molecule has 16 heavy (non-hydrogen) atoms. The van der Waals surface area contributed by atoms with Gasteiger partial charge in [0, 0.05) is 12.1 Å². The van der Waals surface area contributed by atoms with E-state index in [1.54, 1.807) is 0 Å². The van der Waals surface area contributed by atoms with Gasteiger partial charge in [0.2, 0.25) is 11.8 Å². The number of H-pyrrole nitrogens is 1. The zero-order valence-electron chi connectivity index (χ0n) is 8.94. The van der Waals surface area contributed by atoms with Gasteiger partial charge in [-0.1, -0.05) is 0 Å². The van der Waals surface area contributed by atoms with Gasteiger partial charge < -0.3 is 16.8 Å². The van der Waals surface area contributed by atoms with Gasteiger partial charge in [-0.3, -0.25) is 9.89 Å². The Morgan fingerprint density at radius 1 is 1.38 bits per heavy atom. The minimum atomic E-state index is -0.260. The molecule has 1 amide bonds. The molecule has 2 rings (SSSR count). The first kappa shape index (κ1) is 10.9. The Hall–Kier alpha value is -1.63. The molecule has 1 fully saturated rings. The van der Waals surface area contributed by atoms with Crippen LogP contribution >= 0.6 is 0 Å². The molecular formula is C9H16N6O. The van der Waals surface area contributed by atoms with Crippen molar-refractivity contribution in [2.45, 2.75) is 37.8 Å². The molecular weight excluding hydrogens is 208 g/mol. The summed E-state index contributed by atoms with van der Waals surface area (Å²) in [5, 5.41) is 8.97. The highest BCUT2D eigenvalue weighted by molar-refractivity contribution is 5.90. The fraction of sp³-hybridized carbons (Fsp3) is 0.667. The molecule has 7 nitrogen and oxygen atoms in total. The van der Waals surface area contributed by atoms with Gasteiger partial charge in [0.15, 0.2) is 0 Å². The first-order valence-corrected chi connectivity index (χ1v) is 5.39. The summed E-state index contributed by atoms with van der Waals surface area (Å²) < 4.78 is 0. The molecule has 88 valence electrons. The Morgan fingerprint density at radius 2 is 2.06 bits per heavy atom. The van der Waals surface area contributed by atoms with Crippen LogP contribution < -0.4 is 16.8 Å². The zero-order valence-corrected chi connectivity index (χ0v) is 8.94. The summed E-state index contributed by atoms with van der Waals surface area (Å²) >= 11 is 0. The number of carbonyl (C=O) groups excluding carboxylic acids is 1. The first-order valence-electron chi connectivity index (χ1n) is 5.39. The minimum absolute atomic E-state index is 0.0795. The molecule has 1 aliphatic carbocycles. The number of hydrogen-bond acceptors (Lipinski definition) is 5. The lowest BCUT2D eigenvalue weighted by Gasteiger charge is -2.26. The van der Waals surface area contributed by atoms with Crippen LogP contribution in [-0.2, 0) is 0 Å². The molecule has 0 bridgehead atoms. The van der Waals surface area contributed by atoms with E-state index in [9.17, 15) is 4.79 Å². The standard InChI is InChI=1S/C9H16N6O/c10-5-1-3-6(4-2-5)12-8(16)7-13-9(11)15-14-7/h5-6H,1-4,10H2,(H,12,16)(H3,11,13,14,15)/t5-,6-. The Bertz CT molecular complexity index is 368. The van der Waals surface area contributed by atoms with E-state index in [-0.39, 0.29) is 29.8 Å². The molecule has 1 heterocycles. The SMILES string of the molecule is Nc1n[nH]c(C(=O)N[C@H]2CC[C@H](N)CC2)n1. The van der Waals surface area contributed by atoms with E-state index in [4.69, 9.17) is 11.5 Å². The average molecular weight is 224 g/mol. The summed E-state index contributed by atoms with van der Waals surface area (Å²) in [5.41, 5.74) is 11.1. The van der Waals surface area contributed by atoms with Crippen LogP contribution in [0.4, 0.5) is 5.95 Å². The van der Waals surface area contributed by atoms with Crippen molar-refractivity contribution in [3.8, 4) is 0 Å². The second-order valence-electron chi connectivity index (χ2n) is 4.13. The maximum Gasteiger partial charge on any atom is 0.288 e. The first-order chi connectivity index (χ1) is 7.65. The molecule has 6 N–H and O–H groups in total. The number of nitrogen functional groups attached to an aromatic ring is 1. The van der Waals surface area contributed by atoms with Crippen LogP contribution in [0.15, 0.2) is 0 Å². The van der Waals surface area contributed by atoms with Gasteiger partial charge in [-0.15, -0.1) is 5.10 Å². The van der Waals surface area contributed by atoms with Crippen molar-refractivity contribution in [3.63, 3.8) is 0 Å². The largest absolute Gasteiger partial charge is 0.366 e. The highest BCUT2D eigenvalue weighted by atomic mass is 16.2. The van der Waals surface area contributed by atoms with Crippen molar-refractivity contribution in [2.24, 2.45) is 5.73 Å². The molecule has 0 aromatic carbocycles. The normalized spacial score (nSPS) is 25.3. The van der Waals surface area contributed by atoms with Crippen LogP contribution in [0.25, 0.3) is 0 Å². The molecule has 1 saturated carbocycles. The molecule has 0 unspecified atom stereocenters. The molecule has 1 aromatic heterocycles. The number of anilines is 1. The number of nitrogens with one attached hydrogen (secondary N) is 2. The molecule has 0 spiro atoms. The molecule has 1 aliphatic rings. The Kier molecular flexibility index (Phi) is 3.04. The van der Waals surface area contributed by atoms with Gasteiger partial charge in [-0.05, 0) is 25.7 Å². The molecule has 0 radical (unpaired) electrons. The van der Waals surface area contributed by atoms with Crippen molar-refractivity contribution in [1.29, 1.82) is 0 Å². The zero-order chi connectivity index (χ0) is 11.5. The van der Waals surface area contributed by atoms with E-state index < -0.39 is 0 Å². The topological polar surface area (TPSA) is 123 Å². The van der Waals surface area contributed by atoms with E-state index in [0.717, 1.165) is 25.7 Å². The lowest BCUT2D eigenvalue weighted by molar-refractivity contribution is 0.0916. The number of aromatic amines is 1. The van der Waals surface area contributed by atoms with Gasteiger partial charge in [0.25, 0.3) is 5.91 Å². The number of nitrogens with zero attached hydrogens (tertiary/aromatic N) is 2. The Labute approximate surface area is 93.0 Å². The lowest BCUT2D eigenvalue weighted by atomic mass is 9.92. The molecule has 1 aromatic rings. The van der Waals surface area contributed by atoms with Gasteiger partial charge in [0.1, 0.15) is 0 Å². The molecule has 7 heteroatoms. The highest BCUT2D eigenvalue weighted by Crippen LogP contribution is 2.17. The summed E-state index contributed by atoms with van der Waals surface area (Å²) in [6, 6.07) is 0.452. The predicted octanol–water partition coefficient (Wildman–Crippen LogP) is -0.613. The Morgan fingerprint density at radius 3 is 2.62 bits per heavy atom. The third-order valence-corrected chi connectivity index (χ3v) is 2.82. The van der Waals surface area contributed by atoms with E-state index >= 15 is 0 Å². The van der Waals surface area contributed by atoms with Crippen molar-refractivity contribution in [1.82, 2.24) is 20.5 Å². The maximum absolute atomic E-state index is 11.7. The second-order valence-corrected chi connectivity index (χ2v) is 4.13. The lowest BCUT2D eigenvalue weighted by Crippen LogP contribution is -2.40. The third-order valence-electron chi connectivity index (χ3n) is 2.82. The summed E-state index contributed by atoms with van der Waals surface area (Å²) in [6.07, 6.45) is 3.72. The van der Waals surface area contributed by atoms with E-state index in [2.05, 4.69) is 20.5 Å². The maximum atomic E-state index is 11.7. The predicted molar refractivity (Wildman–Crippen MR) is 58.5 cm³/mol. The second kappa shape index (κ2) is 4.48.